The smallest absolute Gasteiger partial charge is 0.263 e. The number of carbonyl (C=O) groups is 1. The summed E-state index contributed by atoms with van der Waals surface area (Å²) in [5.41, 5.74) is 3.75. The quantitative estimate of drug-likeness (QED) is 0.191. The summed E-state index contributed by atoms with van der Waals surface area (Å²) >= 11 is 9.37. The summed E-state index contributed by atoms with van der Waals surface area (Å²) in [6, 6.07) is 15.4. The summed E-state index contributed by atoms with van der Waals surface area (Å²) in [5, 5.41) is 4.53. The number of benzene rings is 2. The van der Waals surface area contributed by atoms with E-state index in [2.05, 4.69) is 5.32 Å². The molecule has 6 rings (SSSR count). The van der Waals surface area contributed by atoms with Gasteiger partial charge in [-0.15, -0.1) is 11.3 Å². The van der Waals surface area contributed by atoms with Crippen LogP contribution in [-0.2, 0) is 17.6 Å². The Labute approximate surface area is 235 Å². The summed E-state index contributed by atoms with van der Waals surface area (Å²) < 4.78 is 1.92. The zero-order valence-electron chi connectivity index (χ0n) is 21.3. The molecule has 0 radical (unpaired) electrons. The molecule has 196 valence electrons. The second kappa shape index (κ2) is 10.9. The molecule has 0 aliphatic heterocycles. The van der Waals surface area contributed by atoms with Crippen LogP contribution in [0.3, 0.4) is 0 Å². The lowest BCUT2D eigenvalue weighted by atomic mass is 9.97. The van der Waals surface area contributed by atoms with Gasteiger partial charge in [-0.3, -0.25) is 14.2 Å². The lowest BCUT2D eigenvalue weighted by molar-refractivity contribution is -0.115. The van der Waals surface area contributed by atoms with Crippen molar-refractivity contribution in [2.45, 2.75) is 74.7 Å². The molecule has 1 amide bonds. The fourth-order valence-corrected chi connectivity index (χ4v) is 8.30. The topological polar surface area (TPSA) is 64.0 Å². The maximum Gasteiger partial charge on any atom is 0.263 e. The highest BCUT2D eigenvalue weighted by atomic mass is 35.5. The number of aryl methyl sites for hydroxylation is 3. The fourth-order valence-electron chi connectivity index (χ4n) is 5.65. The van der Waals surface area contributed by atoms with Gasteiger partial charge in [0, 0.05) is 21.6 Å². The molecule has 2 aromatic carbocycles. The number of aromatic nitrogens is 2. The van der Waals surface area contributed by atoms with Gasteiger partial charge in [0.05, 0.1) is 5.39 Å². The van der Waals surface area contributed by atoms with Crippen LogP contribution in [-0.4, -0.2) is 15.5 Å². The van der Waals surface area contributed by atoms with Crippen molar-refractivity contribution < 1.29 is 4.79 Å². The fraction of sp³-hybridized carbons (Fsp3) is 0.367. The second-order valence-electron chi connectivity index (χ2n) is 10.3. The van der Waals surface area contributed by atoms with E-state index in [1.807, 2.05) is 54.0 Å². The van der Waals surface area contributed by atoms with E-state index in [-0.39, 0.29) is 17.5 Å². The molecule has 0 saturated heterocycles. The van der Waals surface area contributed by atoms with Crippen LogP contribution in [0.1, 0.15) is 71.4 Å². The number of carbonyl (C=O) groups excluding carboxylic acids is 1. The molecule has 1 saturated carbocycles. The van der Waals surface area contributed by atoms with Crippen molar-refractivity contribution in [3.63, 3.8) is 0 Å². The number of hydrogen-bond donors (Lipinski definition) is 1. The Hall–Kier alpha value is -2.61. The lowest BCUT2D eigenvalue weighted by Gasteiger charge is -2.22. The van der Waals surface area contributed by atoms with Crippen LogP contribution in [0.4, 0.5) is 5.69 Å². The van der Waals surface area contributed by atoms with Gasteiger partial charge < -0.3 is 5.32 Å². The Morgan fingerprint density at radius 3 is 2.63 bits per heavy atom. The molecule has 38 heavy (non-hydrogen) atoms. The van der Waals surface area contributed by atoms with E-state index in [4.69, 9.17) is 16.6 Å². The van der Waals surface area contributed by atoms with Crippen LogP contribution in [0.2, 0.25) is 5.02 Å². The van der Waals surface area contributed by atoms with Gasteiger partial charge in [0.2, 0.25) is 5.91 Å². The van der Waals surface area contributed by atoms with Gasteiger partial charge in [-0.25, -0.2) is 4.98 Å². The van der Waals surface area contributed by atoms with Gasteiger partial charge >= 0.3 is 0 Å². The van der Waals surface area contributed by atoms with Crippen molar-refractivity contribution in [2.75, 3.05) is 5.32 Å². The molecule has 1 atom stereocenters. The van der Waals surface area contributed by atoms with Crippen LogP contribution >= 0.6 is 34.7 Å². The summed E-state index contributed by atoms with van der Waals surface area (Å²) in [4.78, 5) is 35.1. The average Bonchev–Trinajstić information content (AvgIpc) is 3.58. The minimum atomic E-state index is -0.581. The number of thioether (sulfide) groups is 1. The molecule has 2 aliphatic rings. The summed E-state index contributed by atoms with van der Waals surface area (Å²) in [6.07, 6.45) is 8.42. The van der Waals surface area contributed by atoms with E-state index in [0.717, 1.165) is 72.7 Å². The van der Waals surface area contributed by atoms with Gasteiger partial charge in [-0.2, -0.15) is 0 Å². The maximum atomic E-state index is 14.1. The highest BCUT2D eigenvalue weighted by Crippen LogP contribution is 2.41. The first-order valence-electron chi connectivity index (χ1n) is 13.3. The van der Waals surface area contributed by atoms with E-state index in [0.29, 0.717) is 15.9 Å². The molecule has 2 heterocycles. The van der Waals surface area contributed by atoms with E-state index >= 15 is 0 Å². The summed E-state index contributed by atoms with van der Waals surface area (Å²) in [7, 11) is 0. The van der Waals surface area contributed by atoms with Gasteiger partial charge in [-0.1, -0.05) is 72.6 Å². The lowest BCUT2D eigenvalue weighted by Crippen LogP contribution is -2.28. The SMILES string of the molecule is Cc1ccc(NC(=O)C(Sc2nc3sc4c(c3c(=O)n2C2CCCC2)CCCC4)c2ccccc2)cc1Cl. The number of hydrogen-bond acceptors (Lipinski definition) is 5. The highest BCUT2D eigenvalue weighted by Gasteiger charge is 2.30. The number of amides is 1. The second-order valence-corrected chi connectivity index (χ2v) is 12.8. The van der Waals surface area contributed by atoms with E-state index in [1.54, 1.807) is 17.4 Å². The zero-order valence-corrected chi connectivity index (χ0v) is 23.7. The Morgan fingerprint density at radius 1 is 1.11 bits per heavy atom. The Kier molecular flexibility index (Phi) is 7.34. The minimum absolute atomic E-state index is 0.0707. The van der Waals surface area contributed by atoms with Gasteiger partial charge in [0.25, 0.3) is 5.56 Å². The summed E-state index contributed by atoms with van der Waals surface area (Å²) in [5.74, 6) is -0.168. The largest absolute Gasteiger partial charge is 0.325 e. The monoisotopic (exact) mass is 563 g/mol. The number of anilines is 1. The number of fused-ring (bicyclic) bond motifs is 3. The molecule has 2 aliphatic carbocycles. The van der Waals surface area contributed by atoms with E-state index in [1.165, 1.54) is 22.2 Å². The molecular weight excluding hydrogens is 534 g/mol. The van der Waals surface area contributed by atoms with Crippen molar-refractivity contribution in [3.8, 4) is 0 Å². The van der Waals surface area contributed by atoms with Crippen LogP contribution in [0.5, 0.6) is 0 Å². The Morgan fingerprint density at radius 2 is 1.87 bits per heavy atom. The maximum absolute atomic E-state index is 14.1. The predicted octanol–water partition coefficient (Wildman–Crippen LogP) is 7.89. The van der Waals surface area contributed by atoms with Crippen molar-refractivity contribution in [1.29, 1.82) is 0 Å². The Balaban J connectivity index is 1.44. The van der Waals surface area contributed by atoms with Crippen LogP contribution in [0, 0.1) is 6.92 Å². The third kappa shape index (κ3) is 4.92. The standard InChI is InChI=1S/C30H30ClN3O2S2/c1-18-15-16-20(17-23(18)31)32-27(35)26(19-9-3-2-4-10-19)38-30-33-28-25(22-13-7-8-14-24(22)37-28)29(36)34(30)21-11-5-6-12-21/h2-4,9-10,15-17,21,26H,5-8,11-14H2,1H3,(H,32,35). The average molecular weight is 564 g/mol. The van der Waals surface area contributed by atoms with Crippen molar-refractivity contribution in [2.24, 2.45) is 0 Å². The van der Waals surface area contributed by atoms with Crippen LogP contribution < -0.4 is 10.9 Å². The number of nitrogens with one attached hydrogen (secondary N) is 1. The third-order valence-electron chi connectivity index (χ3n) is 7.68. The summed E-state index contributed by atoms with van der Waals surface area (Å²) in [6.45, 7) is 1.93. The molecule has 5 nitrogen and oxygen atoms in total. The molecule has 0 spiro atoms. The molecule has 8 heteroatoms. The van der Waals surface area contributed by atoms with Gasteiger partial charge in [0.15, 0.2) is 5.16 Å². The molecule has 1 unspecified atom stereocenters. The van der Waals surface area contributed by atoms with Crippen LogP contribution in [0.15, 0.2) is 58.5 Å². The minimum Gasteiger partial charge on any atom is -0.325 e. The molecule has 1 N–H and O–H groups in total. The van der Waals surface area contributed by atoms with Crippen LogP contribution in [0.25, 0.3) is 10.2 Å². The van der Waals surface area contributed by atoms with Crippen molar-refractivity contribution in [1.82, 2.24) is 9.55 Å². The van der Waals surface area contributed by atoms with Crippen molar-refractivity contribution in [3.05, 3.63) is 85.5 Å². The van der Waals surface area contributed by atoms with Gasteiger partial charge in [0.1, 0.15) is 10.1 Å². The number of halogens is 1. The molecule has 2 aromatic heterocycles. The first-order chi connectivity index (χ1) is 18.5. The Bertz CT molecular complexity index is 1560. The molecule has 4 aromatic rings. The molecule has 0 bridgehead atoms. The normalized spacial score (nSPS) is 16.5. The van der Waals surface area contributed by atoms with Crippen molar-refractivity contribution >= 4 is 56.5 Å². The molecular formula is C30H30ClN3O2S2. The van der Waals surface area contributed by atoms with E-state index in [9.17, 15) is 9.59 Å². The first kappa shape index (κ1) is 25.7. The third-order valence-corrected chi connectivity index (χ3v) is 10.5. The van der Waals surface area contributed by atoms with E-state index < -0.39 is 5.25 Å². The number of nitrogens with zero attached hydrogens (tertiary/aromatic N) is 2. The molecule has 1 fully saturated rings. The zero-order chi connectivity index (χ0) is 26.2. The van der Waals surface area contributed by atoms with Gasteiger partial charge in [-0.05, 0) is 74.3 Å². The predicted molar refractivity (Wildman–Crippen MR) is 158 cm³/mol. The first-order valence-corrected chi connectivity index (χ1v) is 15.4. The highest BCUT2D eigenvalue weighted by molar-refractivity contribution is 8.00. The number of thiophene rings is 1. The number of rotatable bonds is 6.